The first-order chi connectivity index (χ1) is 14.5. The Morgan fingerprint density at radius 3 is 2.57 bits per heavy atom. The predicted octanol–water partition coefficient (Wildman–Crippen LogP) is 4.82. The van der Waals surface area contributed by atoms with Crippen LogP contribution in [0.1, 0.15) is 58.3 Å². The maximum absolute atomic E-state index is 12.9. The highest BCUT2D eigenvalue weighted by Gasteiger charge is 2.24. The van der Waals surface area contributed by atoms with E-state index in [2.05, 4.69) is 27.7 Å². The first kappa shape index (κ1) is 20.8. The molecule has 0 saturated carbocycles. The van der Waals surface area contributed by atoms with E-state index in [1.807, 2.05) is 26.0 Å². The van der Waals surface area contributed by atoms with Gasteiger partial charge in [-0.15, -0.1) is 11.3 Å². The minimum absolute atomic E-state index is 0.0662. The third-order valence-electron chi connectivity index (χ3n) is 5.98. The van der Waals surface area contributed by atoms with Crippen molar-refractivity contribution in [1.82, 2.24) is 10.2 Å². The Bertz CT molecular complexity index is 1080. The quantitative estimate of drug-likeness (QED) is 0.638. The number of carbonyl (C=O) groups is 1. The molecule has 1 aromatic carbocycles. The minimum Gasteiger partial charge on any atom is -0.451 e. The summed E-state index contributed by atoms with van der Waals surface area (Å²) in [4.78, 5) is 29.1. The lowest BCUT2D eigenvalue weighted by Gasteiger charge is -2.30. The van der Waals surface area contributed by atoms with Crippen molar-refractivity contribution < 1.29 is 9.21 Å². The van der Waals surface area contributed by atoms with E-state index in [1.165, 1.54) is 36.6 Å². The van der Waals surface area contributed by atoms with Crippen molar-refractivity contribution >= 4 is 28.2 Å². The van der Waals surface area contributed by atoms with E-state index in [0.717, 1.165) is 24.2 Å². The summed E-state index contributed by atoms with van der Waals surface area (Å²) in [6, 6.07) is 9.29. The van der Waals surface area contributed by atoms with E-state index in [1.54, 1.807) is 11.3 Å². The number of nitrogens with zero attached hydrogens (tertiary/aromatic N) is 1. The van der Waals surface area contributed by atoms with Crippen LogP contribution in [0.5, 0.6) is 0 Å². The highest BCUT2D eigenvalue weighted by Crippen LogP contribution is 2.27. The highest BCUT2D eigenvalue weighted by atomic mass is 32.1. The number of hydrogen-bond donors (Lipinski definition) is 1. The van der Waals surface area contributed by atoms with Gasteiger partial charge in [0.2, 0.25) is 0 Å². The van der Waals surface area contributed by atoms with E-state index in [4.69, 9.17) is 4.42 Å². The predicted molar refractivity (Wildman–Crippen MR) is 121 cm³/mol. The van der Waals surface area contributed by atoms with Gasteiger partial charge < -0.3 is 9.73 Å². The van der Waals surface area contributed by atoms with E-state index in [-0.39, 0.29) is 23.1 Å². The molecule has 5 nitrogen and oxygen atoms in total. The van der Waals surface area contributed by atoms with E-state index < -0.39 is 0 Å². The molecule has 1 saturated heterocycles. The number of likely N-dealkylation sites (tertiary alicyclic amines) is 1. The summed E-state index contributed by atoms with van der Waals surface area (Å²) in [6.45, 7) is 6.51. The topological polar surface area (TPSA) is 62.6 Å². The smallest absolute Gasteiger partial charge is 0.287 e. The Morgan fingerprint density at radius 1 is 1.13 bits per heavy atom. The number of thiophene rings is 1. The minimum atomic E-state index is -0.344. The van der Waals surface area contributed by atoms with Gasteiger partial charge in [0.05, 0.1) is 11.4 Å². The van der Waals surface area contributed by atoms with E-state index in [9.17, 15) is 9.59 Å². The molecule has 1 N–H and O–H groups in total. The normalized spacial score (nSPS) is 16.3. The average Bonchev–Trinajstić information content (AvgIpc) is 3.12. The largest absolute Gasteiger partial charge is 0.451 e. The van der Waals surface area contributed by atoms with Gasteiger partial charge in [-0.25, -0.2) is 0 Å². The van der Waals surface area contributed by atoms with Crippen molar-refractivity contribution in [3.05, 3.63) is 67.7 Å². The second kappa shape index (κ2) is 9.14. The Kier molecular flexibility index (Phi) is 6.35. The van der Waals surface area contributed by atoms with Crippen LogP contribution < -0.4 is 10.7 Å². The second-order valence-corrected chi connectivity index (χ2v) is 9.08. The highest BCUT2D eigenvalue weighted by molar-refractivity contribution is 7.10. The lowest BCUT2D eigenvalue weighted by atomic mass is 10.1. The molecule has 0 spiro atoms. The van der Waals surface area contributed by atoms with Gasteiger partial charge in [-0.1, -0.05) is 18.9 Å². The molecule has 0 aliphatic carbocycles. The molecule has 2 aromatic heterocycles. The molecule has 6 heteroatoms. The number of rotatable bonds is 5. The average molecular weight is 425 g/mol. The van der Waals surface area contributed by atoms with Crippen molar-refractivity contribution in [2.45, 2.75) is 45.6 Å². The van der Waals surface area contributed by atoms with Gasteiger partial charge in [0.15, 0.2) is 11.2 Å². The van der Waals surface area contributed by atoms with Gasteiger partial charge >= 0.3 is 0 Å². The molecule has 1 aliphatic heterocycles. The summed E-state index contributed by atoms with van der Waals surface area (Å²) in [7, 11) is 0. The first-order valence-electron chi connectivity index (χ1n) is 10.6. The van der Waals surface area contributed by atoms with Crippen LogP contribution >= 0.6 is 11.3 Å². The van der Waals surface area contributed by atoms with Crippen LogP contribution in [0.2, 0.25) is 0 Å². The maximum atomic E-state index is 12.9. The molecule has 3 heterocycles. The summed E-state index contributed by atoms with van der Waals surface area (Å²) in [6.07, 6.45) is 4.91. The van der Waals surface area contributed by atoms with Gasteiger partial charge in [0.1, 0.15) is 5.58 Å². The molecule has 158 valence electrons. The van der Waals surface area contributed by atoms with Gasteiger partial charge in [0, 0.05) is 17.5 Å². The van der Waals surface area contributed by atoms with Crippen molar-refractivity contribution in [3.8, 4) is 0 Å². The van der Waals surface area contributed by atoms with Gasteiger partial charge in [0.25, 0.3) is 5.91 Å². The molecule has 1 fully saturated rings. The fourth-order valence-corrected chi connectivity index (χ4v) is 4.96. The summed E-state index contributed by atoms with van der Waals surface area (Å²) in [5.41, 5.74) is 2.33. The van der Waals surface area contributed by atoms with Crippen LogP contribution in [0.15, 0.2) is 44.9 Å². The number of fused-ring (bicyclic) bond motifs is 1. The molecule has 30 heavy (non-hydrogen) atoms. The molecule has 4 rings (SSSR count). The number of benzene rings is 1. The molecular formula is C24H28N2O3S. The Balaban J connectivity index is 1.54. The first-order valence-corrected chi connectivity index (χ1v) is 11.5. The SMILES string of the molecule is Cc1cc2oc(C(=O)NC[C@@H](c3cccs3)N3CCCCCC3)cc(=O)c2cc1C. The van der Waals surface area contributed by atoms with Crippen LogP contribution in [0.25, 0.3) is 11.0 Å². The summed E-state index contributed by atoms with van der Waals surface area (Å²) >= 11 is 1.72. The van der Waals surface area contributed by atoms with Crippen LogP contribution in [-0.4, -0.2) is 30.4 Å². The van der Waals surface area contributed by atoms with Crippen LogP contribution in [-0.2, 0) is 0 Å². The molecule has 1 amide bonds. The van der Waals surface area contributed by atoms with Crippen molar-refractivity contribution in [3.63, 3.8) is 0 Å². The fourth-order valence-electron chi connectivity index (χ4n) is 4.10. The van der Waals surface area contributed by atoms with Crippen LogP contribution in [0, 0.1) is 13.8 Å². The summed E-state index contributed by atoms with van der Waals surface area (Å²) in [5.74, 6) is -0.278. The monoisotopic (exact) mass is 424 g/mol. The zero-order valence-electron chi connectivity index (χ0n) is 17.6. The number of aryl methyl sites for hydroxylation is 2. The molecule has 0 bridgehead atoms. The molecule has 0 unspecified atom stereocenters. The Labute approximate surface area is 180 Å². The molecular weight excluding hydrogens is 396 g/mol. The Morgan fingerprint density at radius 2 is 1.87 bits per heavy atom. The zero-order valence-corrected chi connectivity index (χ0v) is 18.4. The Hall–Kier alpha value is -2.44. The van der Waals surface area contributed by atoms with Gasteiger partial charge in [-0.3, -0.25) is 14.5 Å². The maximum Gasteiger partial charge on any atom is 0.287 e. The van der Waals surface area contributed by atoms with E-state index >= 15 is 0 Å². The summed E-state index contributed by atoms with van der Waals surface area (Å²) < 4.78 is 5.81. The van der Waals surface area contributed by atoms with Crippen molar-refractivity contribution in [2.75, 3.05) is 19.6 Å². The zero-order chi connectivity index (χ0) is 21.1. The molecule has 0 radical (unpaired) electrons. The lowest BCUT2D eigenvalue weighted by Crippen LogP contribution is -2.38. The van der Waals surface area contributed by atoms with Crippen molar-refractivity contribution in [2.24, 2.45) is 0 Å². The number of carbonyl (C=O) groups excluding carboxylic acids is 1. The standard InChI is InChI=1S/C24H28N2O3S/c1-16-12-18-20(27)14-22(29-21(18)13-17(16)2)24(28)25-15-19(23-8-7-11-30-23)26-9-5-3-4-6-10-26/h7-8,11-14,19H,3-6,9-10,15H2,1-2H3,(H,25,28)/t19-/m0/s1. The van der Waals surface area contributed by atoms with Crippen molar-refractivity contribution in [1.29, 1.82) is 0 Å². The van der Waals surface area contributed by atoms with Gasteiger partial charge in [-0.05, 0) is 74.5 Å². The van der Waals surface area contributed by atoms with E-state index in [0.29, 0.717) is 17.5 Å². The fraction of sp³-hybridized carbons (Fsp3) is 0.417. The molecule has 3 aromatic rings. The van der Waals surface area contributed by atoms with Crippen LogP contribution in [0.3, 0.4) is 0 Å². The number of nitrogens with one attached hydrogen (secondary N) is 1. The second-order valence-electron chi connectivity index (χ2n) is 8.10. The third-order valence-corrected chi connectivity index (χ3v) is 6.95. The number of hydrogen-bond acceptors (Lipinski definition) is 5. The van der Waals surface area contributed by atoms with Crippen LogP contribution in [0.4, 0.5) is 0 Å². The van der Waals surface area contributed by atoms with Gasteiger partial charge in [-0.2, -0.15) is 0 Å². The molecule has 1 atom stereocenters. The summed E-state index contributed by atoms with van der Waals surface area (Å²) in [5, 5.41) is 5.60. The molecule has 1 aliphatic rings. The third kappa shape index (κ3) is 4.50. The lowest BCUT2D eigenvalue weighted by molar-refractivity contribution is 0.0907. The number of amides is 1.